The Morgan fingerprint density at radius 1 is 1.04 bits per heavy atom. The summed E-state index contributed by atoms with van der Waals surface area (Å²) in [6, 6.07) is 12.2. The van der Waals surface area contributed by atoms with Gasteiger partial charge in [-0.1, -0.05) is 18.6 Å². The minimum Gasteiger partial charge on any atom is -0.484 e. The summed E-state index contributed by atoms with van der Waals surface area (Å²) in [7, 11) is 0. The van der Waals surface area contributed by atoms with Crippen molar-refractivity contribution in [2.24, 2.45) is 0 Å². The first-order valence-electron chi connectivity index (χ1n) is 9.59. The van der Waals surface area contributed by atoms with Gasteiger partial charge in [0.25, 0.3) is 11.7 Å². The number of hydrogen-bond acceptors (Lipinski definition) is 5. The number of anilines is 1. The summed E-state index contributed by atoms with van der Waals surface area (Å²) in [5.41, 5.74) is 1.17. The Labute approximate surface area is 163 Å². The van der Waals surface area contributed by atoms with E-state index in [2.05, 4.69) is 5.32 Å². The predicted octanol–water partition coefficient (Wildman–Crippen LogP) is 4.34. The summed E-state index contributed by atoms with van der Waals surface area (Å²) in [6.07, 6.45) is 5.17. The lowest BCUT2D eigenvalue weighted by Crippen LogP contribution is -2.40. The lowest BCUT2D eigenvalue weighted by atomic mass is 9.94. The highest BCUT2D eigenvalue weighted by Gasteiger charge is 2.42. The smallest absolute Gasteiger partial charge is 0.262 e. The fourth-order valence-electron chi connectivity index (χ4n) is 3.62. The van der Waals surface area contributed by atoms with Crippen molar-refractivity contribution < 1.29 is 23.8 Å². The van der Waals surface area contributed by atoms with Crippen molar-refractivity contribution >= 4 is 17.4 Å². The Kier molecular flexibility index (Phi) is 4.94. The van der Waals surface area contributed by atoms with Crippen molar-refractivity contribution in [3.63, 3.8) is 0 Å². The van der Waals surface area contributed by atoms with Gasteiger partial charge in [0.2, 0.25) is 0 Å². The van der Waals surface area contributed by atoms with E-state index in [9.17, 15) is 9.59 Å². The number of benzene rings is 2. The van der Waals surface area contributed by atoms with E-state index in [1.165, 1.54) is 13.3 Å². The van der Waals surface area contributed by atoms with Crippen LogP contribution in [0.4, 0.5) is 5.69 Å². The standard InChI is InChI=1S/C22H23NO5/c1-15(24)16-6-5-7-18(12-16)26-14-21(25)23-17-8-9-19-20(13-17)28-22(27-19)10-3-2-4-11-22/h5-9,12-13H,2-4,10-11,14H2,1H3,(H,23,25). The first-order chi connectivity index (χ1) is 13.5. The molecule has 6 nitrogen and oxygen atoms in total. The normalized spacial score (nSPS) is 16.6. The van der Waals surface area contributed by atoms with Crippen molar-refractivity contribution in [2.75, 3.05) is 11.9 Å². The van der Waals surface area contributed by atoms with Crippen molar-refractivity contribution in [2.45, 2.75) is 44.8 Å². The third kappa shape index (κ3) is 3.96. The van der Waals surface area contributed by atoms with Crippen LogP contribution < -0.4 is 19.5 Å². The highest BCUT2D eigenvalue weighted by molar-refractivity contribution is 5.94. The van der Waals surface area contributed by atoms with E-state index >= 15 is 0 Å². The minimum atomic E-state index is -0.534. The molecule has 4 rings (SSSR count). The molecule has 1 amide bonds. The summed E-state index contributed by atoms with van der Waals surface area (Å²) >= 11 is 0. The molecule has 1 N–H and O–H groups in total. The quantitative estimate of drug-likeness (QED) is 0.780. The summed E-state index contributed by atoms with van der Waals surface area (Å²) in [5.74, 6) is 0.985. The predicted molar refractivity (Wildman–Crippen MR) is 104 cm³/mol. The van der Waals surface area contributed by atoms with Gasteiger partial charge in [0.1, 0.15) is 5.75 Å². The molecule has 1 spiro atoms. The zero-order chi connectivity index (χ0) is 19.6. The number of rotatable bonds is 5. The topological polar surface area (TPSA) is 73.9 Å². The molecule has 1 saturated carbocycles. The Morgan fingerprint density at radius 2 is 1.82 bits per heavy atom. The lowest BCUT2D eigenvalue weighted by Gasteiger charge is -2.31. The third-order valence-electron chi connectivity index (χ3n) is 5.05. The molecular weight excluding hydrogens is 358 g/mol. The lowest BCUT2D eigenvalue weighted by molar-refractivity contribution is -0.118. The van der Waals surface area contributed by atoms with Gasteiger partial charge in [-0.25, -0.2) is 0 Å². The molecule has 2 aromatic rings. The Balaban J connectivity index is 1.35. The highest BCUT2D eigenvalue weighted by atomic mass is 16.7. The van der Waals surface area contributed by atoms with E-state index in [4.69, 9.17) is 14.2 Å². The van der Waals surface area contributed by atoms with Crippen LogP contribution in [-0.2, 0) is 4.79 Å². The molecule has 0 saturated heterocycles. The van der Waals surface area contributed by atoms with Crippen LogP contribution in [0.15, 0.2) is 42.5 Å². The molecule has 1 fully saturated rings. The Hall–Kier alpha value is -3.02. The zero-order valence-corrected chi connectivity index (χ0v) is 15.8. The maximum absolute atomic E-state index is 12.2. The van der Waals surface area contributed by atoms with E-state index in [0.29, 0.717) is 22.7 Å². The van der Waals surface area contributed by atoms with Crippen LogP contribution >= 0.6 is 0 Å². The fraction of sp³-hybridized carbons (Fsp3) is 0.364. The number of fused-ring (bicyclic) bond motifs is 1. The summed E-state index contributed by atoms with van der Waals surface area (Å²) in [5, 5.41) is 2.80. The fourth-order valence-corrected chi connectivity index (χ4v) is 3.62. The van der Waals surface area contributed by atoms with Gasteiger partial charge in [-0.15, -0.1) is 0 Å². The van der Waals surface area contributed by atoms with Crippen molar-refractivity contribution in [3.8, 4) is 17.2 Å². The molecule has 0 radical (unpaired) electrons. The van der Waals surface area contributed by atoms with E-state index < -0.39 is 5.79 Å². The van der Waals surface area contributed by atoms with Crippen LogP contribution in [-0.4, -0.2) is 24.1 Å². The number of amides is 1. The average molecular weight is 381 g/mol. The molecule has 1 aliphatic heterocycles. The first kappa shape index (κ1) is 18.3. The van der Waals surface area contributed by atoms with Crippen molar-refractivity contribution in [3.05, 3.63) is 48.0 Å². The van der Waals surface area contributed by atoms with Crippen LogP contribution in [0.25, 0.3) is 0 Å². The van der Waals surface area contributed by atoms with Crippen molar-refractivity contribution in [1.29, 1.82) is 0 Å². The molecule has 1 aliphatic carbocycles. The van der Waals surface area contributed by atoms with Gasteiger partial charge in [-0.2, -0.15) is 0 Å². The molecule has 0 bridgehead atoms. The van der Waals surface area contributed by atoms with E-state index in [-0.39, 0.29) is 18.3 Å². The largest absolute Gasteiger partial charge is 0.484 e. The Morgan fingerprint density at radius 3 is 2.61 bits per heavy atom. The van der Waals surface area contributed by atoms with Gasteiger partial charge in [0, 0.05) is 30.2 Å². The van der Waals surface area contributed by atoms with E-state index in [1.54, 1.807) is 36.4 Å². The van der Waals surface area contributed by atoms with Gasteiger partial charge in [0.15, 0.2) is 23.9 Å². The maximum atomic E-state index is 12.2. The van der Waals surface area contributed by atoms with Gasteiger partial charge < -0.3 is 19.5 Å². The molecular formula is C22H23NO5. The zero-order valence-electron chi connectivity index (χ0n) is 15.8. The number of carbonyl (C=O) groups excluding carboxylic acids is 2. The monoisotopic (exact) mass is 381 g/mol. The van der Waals surface area contributed by atoms with Gasteiger partial charge in [-0.05, 0) is 44.0 Å². The summed E-state index contributed by atoms with van der Waals surface area (Å²) < 4.78 is 17.6. The second kappa shape index (κ2) is 7.54. The van der Waals surface area contributed by atoms with Gasteiger partial charge in [-0.3, -0.25) is 9.59 Å². The second-order valence-electron chi connectivity index (χ2n) is 7.26. The first-order valence-corrected chi connectivity index (χ1v) is 9.59. The summed E-state index contributed by atoms with van der Waals surface area (Å²) in [6.45, 7) is 1.34. The molecule has 1 heterocycles. The van der Waals surface area contributed by atoms with E-state index in [1.807, 2.05) is 6.07 Å². The van der Waals surface area contributed by atoms with Crippen LogP contribution in [0, 0.1) is 0 Å². The number of nitrogens with one attached hydrogen (secondary N) is 1. The van der Waals surface area contributed by atoms with Crippen LogP contribution in [0.1, 0.15) is 49.4 Å². The molecule has 2 aromatic carbocycles. The molecule has 28 heavy (non-hydrogen) atoms. The minimum absolute atomic E-state index is 0.0500. The van der Waals surface area contributed by atoms with Crippen LogP contribution in [0.2, 0.25) is 0 Å². The molecule has 0 aromatic heterocycles. The average Bonchev–Trinajstić information content (AvgIpc) is 3.03. The van der Waals surface area contributed by atoms with Crippen molar-refractivity contribution in [1.82, 2.24) is 0 Å². The maximum Gasteiger partial charge on any atom is 0.262 e. The van der Waals surface area contributed by atoms with Gasteiger partial charge >= 0.3 is 0 Å². The number of ether oxygens (including phenoxy) is 3. The molecule has 146 valence electrons. The third-order valence-corrected chi connectivity index (χ3v) is 5.05. The Bertz CT molecular complexity index is 902. The van der Waals surface area contributed by atoms with E-state index in [0.717, 1.165) is 31.4 Å². The molecule has 0 atom stereocenters. The summed E-state index contributed by atoms with van der Waals surface area (Å²) in [4.78, 5) is 23.6. The molecule has 0 unspecified atom stereocenters. The second-order valence-corrected chi connectivity index (χ2v) is 7.26. The van der Waals surface area contributed by atoms with Crippen LogP contribution in [0.5, 0.6) is 17.2 Å². The number of ketones is 1. The number of hydrogen-bond donors (Lipinski definition) is 1. The van der Waals surface area contributed by atoms with Crippen LogP contribution in [0.3, 0.4) is 0 Å². The number of Topliss-reactive ketones (excluding diaryl/α,β-unsaturated/α-hetero) is 1. The van der Waals surface area contributed by atoms with Gasteiger partial charge in [0.05, 0.1) is 0 Å². The SMILES string of the molecule is CC(=O)c1cccc(OCC(=O)Nc2ccc3c(c2)OC2(CCCCC2)O3)c1. The molecule has 6 heteroatoms. The molecule has 2 aliphatic rings. The highest BCUT2D eigenvalue weighted by Crippen LogP contribution is 2.46. The number of carbonyl (C=O) groups is 2.